The standard InChI is InChI=1S/C22H20Cl2N2O5S/c1-32-11-8-18(25-19(27)16-7-6-13(23)12-17(16)24)22(30)31-10-9-26-20(28)14-4-2-3-5-15(14)21(26)29/h2-7,12,18H,8-11H2,1H3,(H,25,27). The van der Waals surface area contributed by atoms with Crippen molar-refractivity contribution in [1.82, 2.24) is 10.2 Å². The predicted octanol–water partition coefficient (Wildman–Crippen LogP) is 3.68. The molecule has 2 aromatic carbocycles. The van der Waals surface area contributed by atoms with E-state index >= 15 is 0 Å². The maximum atomic E-state index is 12.6. The lowest BCUT2D eigenvalue weighted by molar-refractivity contribution is -0.146. The van der Waals surface area contributed by atoms with Gasteiger partial charge in [0.25, 0.3) is 17.7 Å². The van der Waals surface area contributed by atoms with E-state index in [0.717, 1.165) is 4.90 Å². The minimum atomic E-state index is -0.913. The molecule has 168 valence electrons. The number of rotatable bonds is 9. The third-order valence-corrected chi connectivity index (χ3v) is 6.01. The van der Waals surface area contributed by atoms with Crippen molar-refractivity contribution in [2.75, 3.05) is 25.2 Å². The first-order chi connectivity index (χ1) is 15.3. The maximum absolute atomic E-state index is 12.6. The molecule has 3 rings (SSSR count). The molecule has 32 heavy (non-hydrogen) atoms. The highest BCUT2D eigenvalue weighted by molar-refractivity contribution is 7.98. The zero-order valence-corrected chi connectivity index (χ0v) is 19.4. The Morgan fingerprint density at radius 3 is 2.34 bits per heavy atom. The van der Waals surface area contributed by atoms with Crippen LogP contribution in [0.4, 0.5) is 0 Å². The number of hydrogen-bond donors (Lipinski definition) is 1. The third kappa shape index (κ3) is 5.43. The summed E-state index contributed by atoms with van der Waals surface area (Å²) in [6.07, 6.45) is 2.21. The van der Waals surface area contributed by atoms with E-state index in [1.807, 2.05) is 6.26 Å². The summed E-state index contributed by atoms with van der Waals surface area (Å²) in [5, 5.41) is 3.19. The van der Waals surface area contributed by atoms with Crippen LogP contribution in [-0.4, -0.2) is 59.8 Å². The van der Waals surface area contributed by atoms with Gasteiger partial charge in [-0.15, -0.1) is 0 Å². The Hall–Kier alpha value is -2.55. The maximum Gasteiger partial charge on any atom is 0.328 e. The number of ether oxygens (including phenoxy) is 1. The van der Waals surface area contributed by atoms with Gasteiger partial charge in [0.05, 0.1) is 28.3 Å². The summed E-state index contributed by atoms with van der Waals surface area (Å²) in [5.41, 5.74) is 0.839. The molecular weight excluding hydrogens is 475 g/mol. The second-order valence-corrected chi connectivity index (χ2v) is 8.74. The minimum absolute atomic E-state index is 0.0791. The summed E-state index contributed by atoms with van der Waals surface area (Å²) in [5.74, 6) is -1.44. The number of nitrogens with one attached hydrogen (secondary N) is 1. The molecule has 1 heterocycles. The van der Waals surface area contributed by atoms with Crippen LogP contribution in [-0.2, 0) is 9.53 Å². The summed E-state index contributed by atoms with van der Waals surface area (Å²) in [6.45, 7) is -0.262. The highest BCUT2D eigenvalue weighted by Gasteiger charge is 2.35. The van der Waals surface area contributed by atoms with E-state index in [1.165, 1.54) is 30.0 Å². The van der Waals surface area contributed by atoms with Gasteiger partial charge in [0.15, 0.2) is 0 Å². The quantitative estimate of drug-likeness (QED) is 0.422. The van der Waals surface area contributed by atoms with Gasteiger partial charge in [-0.3, -0.25) is 19.3 Å². The zero-order valence-electron chi connectivity index (χ0n) is 17.1. The Morgan fingerprint density at radius 2 is 1.75 bits per heavy atom. The molecule has 0 spiro atoms. The normalized spacial score (nSPS) is 13.7. The van der Waals surface area contributed by atoms with Gasteiger partial charge in [0.1, 0.15) is 12.6 Å². The summed E-state index contributed by atoms with van der Waals surface area (Å²) in [6, 6.07) is 10.0. The fourth-order valence-electron chi connectivity index (χ4n) is 3.17. The van der Waals surface area contributed by atoms with Gasteiger partial charge in [-0.05, 0) is 48.8 Å². The van der Waals surface area contributed by atoms with E-state index in [9.17, 15) is 19.2 Å². The van der Waals surface area contributed by atoms with Crippen molar-refractivity contribution in [3.8, 4) is 0 Å². The number of imide groups is 1. The van der Waals surface area contributed by atoms with Crippen molar-refractivity contribution in [2.45, 2.75) is 12.5 Å². The van der Waals surface area contributed by atoms with E-state index in [0.29, 0.717) is 28.3 Å². The van der Waals surface area contributed by atoms with Gasteiger partial charge in [0.2, 0.25) is 0 Å². The average molecular weight is 495 g/mol. The fourth-order valence-corrected chi connectivity index (χ4v) is 4.14. The number of nitrogens with zero attached hydrogens (tertiary/aromatic N) is 1. The number of amides is 3. The van der Waals surface area contributed by atoms with Gasteiger partial charge in [-0.25, -0.2) is 4.79 Å². The van der Waals surface area contributed by atoms with Crippen molar-refractivity contribution < 1.29 is 23.9 Å². The van der Waals surface area contributed by atoms with Crippen molar-refractivity contribution in [3.05, 3.63) is 69.2 Å². The lowest BCUT2D eigenvalue weighted by Gasteiger charge is -2.19. The zero-order chi connectivity index (χ0) is 23.3. The molecule has 0 saturated carbocycles. The minimum Gasteiger partial charge on any atom is -0.462 e. The van der Waals surface area contributed by atoms with Gasteiger partial charge >= 0.3 is 5.97 Å². The number of halogens is 2. The molecule has 0 bridgehead atoms. The van der Waals surface area contributed by atoms with Gasteiger partial charge in [-0.1, -0.05) is 35.3 Å². The molecule has 0 fully saturated rings. The van der Waals surface area contributed by atoms with Crippen LogP contribution >= 0.6 is 35.0 Å². The molecule has 0 aromatic heterocycles. The first-order valence-electron chi connectivity index (χ1n) is 9.70. The number of benzene rings is 2. The monoisotopic (exact) mass is 494 g/mol. The predicted molar refractivity (Wildman–Crippen MR) is 123 cm³/mol. The molecule has 3 amide bonds. The Labute approximate surface area is 199 Å². The van der Waals surface area contributed by atoms with E-state index in [-0.39, 0.29) is 23.7 Å². The highest BCUT2D eigenvalue weighted by atomic mass is 35.5. The number of esters is 1. The molecular formula is C22H20Cl2N2O5S. The summed E-state index contributed by atoms with van der Waals surface area (Å²) in [7, 11) is 0. The van der Waals surface area contributed by atoms with Gasteiger partial charge in [-0.2, -0.15) is 11.8 Å². The van der Waals surface area contributed by atoms with Crippen molar-refractivity contribution in [2.24, 2.45) is 0 Å². The van der Waals surface area contributed by atoms with Crippen molar-refractivity contribution >= 4 is 58.7 Å². The smallest absolute Gasteiger partial charge is 0.328 e. The number of fused-ring (bicyclic) bond motifs is 1. The van der Waals surface area contributed by atoms with Crippen LogP contribution in [0.2, 0.25) is 10.0 Å². The van der Waals surface area contributed by atoms with Crippen LogP contribution in [0, 0.1) is 0 Å². The number of hydrogen-bond acceptors (Lipinski definition) is 6. The molecule has 1 atom stereocenters. The van der Waals surface area contributed by atoms with Crippen LogP contribution in [0.3, 0.4) is 0 Å². The van der Waals surface area contributed by atoms with E-state index < -0.39 is 29.7 Å². The van der Waals surface area contributed by atoms with Crippen LogP contribution < -0.4 is 5.32 Å². The van der Waals surface area contributed by atoms with Crippen molar-refractivity contribution in [1.29, 1.82) is 0 Å². The Balaban J connectivity index is 1.59. The second-order valence-electron chi connectivity index (χ2n) is 6.91. The first-order valence-corrected chi connectivity index (χ1v) is 11.8. The molecule has 7 nitrogen and oxygen atoms in total. The molecule has 2 aromatic rings. The summed E-state index contributed by atoms with van der Waals surface area (Å²) in [4.78, 5) is 51.1. The van der Waals surface area contributed by atoms with Crippen molar-refractivity contribution in [3.63, 3.8) is 0 Å². The van der Waals surface area contributed by atoms with Crippen LogP contribution in [0.5, 0.6) is 0 Å². The number of carbonyl (C=O) groups is 4. The molecule has 1 N–H and O–H groups in total. The Morgan fingerprint density at radius 1 is 1.09 bits per heavy atom. The first kappa shape index (κ1) is 24.1. The SMILES string of the molecule is CSCCC(NC(=O)c1ccc(Cl)cc1Cl)C(=O)OCCN1C(=O)c2ccccc2C1=O. The Bertz CT molecular complexity index is 1030. The third-order valence-electron chi connectivity index (χ3n) is 4.81. The summed E-state index contributed by atoms with van der Waals surface area (Å²) < 4.78 is 5.28. The average Bonchev–Trinajstić information content (AvgIpc) is 3.01. The molecule has 0 aliphatic carbocycles. The molecule has 1 unspecified atom stereocenters. The fraction of sp³-hybridized carbons (Fsp3) is 0.273. The van der Waals surface area contributed by atoms with E-state index in [2.05, 4.69) is 5.32 Å². The molecule has 1 aliphatic rings. The number of thioether (sulfide) groups is 1. The van der Waals surface area contributed by atoms with Crippen LogP contribution in [0.1, 0.15) is 37.5 Å². The van der Waals surface area contributed by atoms with Gasteiger partial charge < -0.3 is 10.1 Å². The lowest BCUT2D eigenvalue weighted by Crippen LogP contribution is -2.43. The van der Waals surface area contributed by atoms with E-state index in [1.54, 1.807) is 24.3 Å². The van der Waals surface area contributed by atoms with Gasteiger partial charge in [0, 0.05) is 5.02 Å². The molecule has 1 aliphatic heterocycles. The number of carbonyl (C=O) groups excluding carboxylic acids is 4. The second kappa shape index (κ2) is 10.8. The van der Waals surface area contributed by atoms with E-state index in [4.69, 9.17) is 27.9 Å². The molecule has 0 radical (unpaired) electrons. The van der Waals surface area contributed by atoms with Crippen LogP contribution in [0.25, 0.3) is 0 Å². The Kier molecular flexibility index (Phi) is 8.17. The van der Waals surface area contributed by atoms with Crippen LogP contribution in [0.15, 0.2) is 42.5 Å². The molecule has 10 heteroatoms. The topological polar surface area (TPSA) is 92.8 Å². The largest absolute Gasteiger partial charge is 0.462 e. The highest BCUT2D eigenvalue weighted by Crippen LogP contribution is 2.23. The molecule has 0 saturated heterocycles. The summed E-state index contributed by atoms with van der Waals surface area (Å²) >= 11 is 13.5. The lowest BCUT2D eigenvalue weighted by atomic mass is 10.1.